The van der Waals surface area contributed by atoms with Gasteiger partial charge in [-0.15, -0.1) is 0 Å². The molecule has 4 aromatic rings. The molecular weight excluding hydrogens is 348 g/mol. The van der Waals surface area contributed by atoms with E-state index in [2.05, 4.69) is 0 Å². The van der Waals surface area contributed by atoms with Gasteiger partial charge in [-0.3, -0.25) is 0 Å². The highest BCUT2D eigenvalue weighted by atomic mass is 16.5. The van der Waals surface area contributed by atoms with E-state index in [4.69, 9.17) is 9.47 Å². The van der Waals surface area contributed by atoms with E-state index in [0.29, 0.717) is 11.3 Å². The summed E-state index contributed by atoms with van der Waals surface area (Å²) in [5.41, 5.74) is 0.855. The second-order valence-electron chi connectivity index (χ2n) is 6.64. The molecule has 0 amide bonds. The first-order valence-corrected chi connectivity index (χ1v) is 9.17. The van der Waals surface area contributed by atoms with Crippen molar-refractivity contribution in [3.05, 3.63) is 108 Å². The van der Waals surface area contributed by atoms with Crippen molar-refractivity contribution in [2.45, 2.75) is 5.60 Å². The largest absolute Gasteiger partial charge is 0.496 e. The number of fused-ring (bicyclic) bond motifs is 1. The molecule has 4 aromatic carbocycles. The van der Waals surface area contributed by atoms with Crippen LogP contribution in [0.3, 0.4) is 0 Å². The minimum absolute atomic E-state index is 0.633. The molecule has 0 aliphatic rings. The van der Waals surface area contributed by atoms with Gasteiger partial charge in [0.1, 0.15) is 17.1 Å². The van der Waals surface area contributed by atoms with Crippen LogP contribution in [0.5, 0.6) is 11.5 Å². The quantitative estimate of drug-likeness (QED) is 0.494. The second kappa shape index (κ2) is 7.37. The Morgan fingerprint density at radius 2 is 1.14 bits per heavy atom. The fraction of sp³-hybridized carbons (Fsp3) is 0.120. The molecule has 0 aromatic heterocycles. The van der Waals surface area contributed by atoms with E-state index in [0.717, 1.165) is 27.6 Å². The van der Waals surface area contributed by atoms with Crippen LogP contribution in [-0.4, -0.2) is 19.3 Å². The number of aliphatic hydroxyl groups is 1. The molecule has 0 heterocycles. The summed E-state index contributed by atoms with van der Waals surface area (Å²) in [6, 6.07) is 29.1. The summed E-state index contributed by atoms with van der Waals surface area (Å²) in [6.45, 7) is 0. The Labute approximate surface area is 164 Å². The monoisotopic (exact) mass is 370 g/mol. The molecule has 3 nitrogen and oxygen atoms in total. The predicted molar refractivity (Wildman–Crippen MR) is 112 cm³/mol. The third-order valence-electron chi connectivity index (χ3n) is 5.18. The molecule has 28 heavy (non-hydrogen) atoms. The minimum atomic E-state index is -1.39. The Bertz CT molecular complexity index is 1110. The molecule has 0 saturated carbocycles. The molecule has 0 radical (unpaired) electrons. The van der Waals surface area contributed by atoms with Gasteiger partial charge in [-0.05, 0) is 23.1 Å². The van der Waals surface area contributed by atoms with Crippen molar-refractivity contribution in [2.24, 2.45) is 0 Å². The normalized spacial score (nSPS) is 13.1. The maximum absolute atomic E-state index is 12.3. The lowest BCUT2D eigenvalue weighted by Crippen LogP contribution is -2.29. The lowest BCUT2D eigenvalue weighted by Gasteiger charge is -2.32. The standard InChI is InChI=1S/C25H22O3/c1-27-23-17-9-12-19-20(23)13-8-15-21(19)25(26,18-10-4-3-5-11-18)22-14-6-7-16-24(22)28-2/h3-17,26H,1-2H3/t25-/m1/s1. The highest BCUT2D eigenvalue weighted by Gasteiger charge is 2.37. The first kappa shape index (κ1) is 18.1. The molecule has 1 atom stereocenters. The van der Waals surface area contributed by atoms with Crippen LogP contribution in [0.2, 0.25) is 0 Å². The summed E-state index contributed by atoms with van der Waals surface area (Å²) in [7, 11) is 3.28. The van der Waals surface area contributed by atoms with Crippen molar-refractivity contribution in [3.63, 3.8) is 0 Å². The van der Waals surface area contributed by atoms with Crippen LogP contribution in [0.1, 0.15) is 16.7 Å². The Balaban J connectivity index is 2.10. The van der Waals surface area contributed by atoms with Crippen LogP contribution < -0.4 is 9.47 Å². The SMILES string of the molecule is COc1ccccc1[C@@](O)(c1ccccc1)c1cccc2c(OC)cccc12. The summed E-state index contributed by atoms with van der Waals surface area (Å²) in [5.74, 6) is 1.41. The maximum Gasteiger partial charge on any atom is 0.144 e. The first-order chi connectivity index (χ1) is 13.7. The van der Waals surface area contributed by atoms with Gasteiger partial charge >= 0.3 is 0 Å². The first-order valence-electron chi connectivity index (χ1n) is 9.17. The third-order valence-corrected chi connectivity index (χ3v) is 5.18. The van der Waals surface area contributed by atoms with E-state index in [1.807, 2.05) is 91.0 Å². The zero-order valence-corrected chi connectivity index (χ0v) is 15.9. The fourth-order valence-electron chi connectivity index (χ4n) is 3.85. The number of hydrogen-bond donors (Lipinski definition) is 1. The van der Waals surface area contributed by atoms with Gasteiger partial charge in [0.2, 0.25) is 0 Å². The van der Waals surface area contributed by atoms with Gasteiger partial charge in [-0.1, -0.05) is 78.9 Å². The highest BCUT2D eigenvalue weighted by molar-refractivity contribution is 5.92. The van der Waals surface area contributed by atoms with E-state index >= 15 is 0 Å². The van der Waals surface area contributed by atoms with Crippen molar-refractivity contribution < 1.29 is 14.6 Å². The number of ether oxygens (including phenoxy) is 2. The van der Waals surface area contributed by atoms with Crippen LogP contribution in [-0.2, 0) is 5.60 Å². The van der Waals surface area contributed by atoms with Gasteiger partial charge < -0.3 is 14.6 Å². The van der Waals surface area contributed by atoms with Crippen LogP contribution in [0.25, 0.3) is 10.8 Å². The van der Waals surface area contributed by atoms with Crippen molar-refractivity contribution in [1.82, 2.24) is 0 Å². The van der Waals surface area contributed by atoms with E-state index in [1.165, 1.54) is 0 Å². The summed E-state index contributed by atoms with van der Waals surface area (Å²) >= 11 is 0. The zero-order valence-electron chi connectivity index (χ0n) is 15.9. The molecular formula is C25H22O3. The van der Waals surface area contributed by atoms with Gasteiger partial charge in [0.25, 0.3) is 0 Å². The van der Waals surface area contributed by atoms with Crippen molar-refractivity contribution >= 4 is 10.8 Å². The van der Waals surface area contributed by atoms with Gasteiger partial charge in [0.05, 0.1) is 14.2 Å². The number of para-hydroxylation sites is 1. The Morgan fingerprint density at radius 1 is 0.571 bits per heavy atom. The van der Waals surface area contributed by atoms with E-state index in [1.54, 1.807) is 14.2 Å². The van der Waals surface area contributed by atoms with Gasteiger partial charge in [0.15, 0.2) is 0 Å². The second-order valence-corrected chi connectivity index (χ2v) is 6.64. The Kier molecular flexibility index (Phi) is 4.76. The maximum atomic E-state index is 12.3. The predicted octanol–water partition coefficient (Wildman–Crippen LogP) is 5.14. The third kappa shape index (κ3) is 2.81. The molecule has 0 saturated heterocycles. The van der Waals surface area contributed by atoms with Crippen LogP contribution >= 0.6 is 0 Å². The number of hydrogen-bond acceptors (Lipinski definition) is 3. The van der Waals surface area contributed by atoms with Crippen LogP contribution in [0.15, 0.2) is 91.0 Å². The van der Waals surface area contributed by atoms with Crippen LogP contribution in [0, 0.1) is 0 Å². The number of rotatable bonds is 5. The molecule has 3 heteroatoms. The van der Waals surface area contributed by atoms with E-state index in [-0.39, 0.29) is 0 Å². The van der Waals surface area contributed by atoms with E-state index < -0.39 is 5.60 Å². The van der Waals surface area contributed by atoms with Crippen molar-refractivity contribution in [1.29, 1.82) is 0 Å². The summed E-state index contributed by atoms with van der Waals surface area (Å²) in [5, 5.41) is 14.2. The zero-order chi connectivity index (χ0) is 19.6. The van der Waals surface area contributed by atoms with Crippen molar-refractivity contribution in [2.75, 3.05) is 14.2 Å². The fourth-order valence-corrected chi connectivity index (χ4v) is 3.85. The molecule has 4 rings (SSSR count). The average molecular weight is 370 g/mol. The van der Waals surface area contributed by atoms with Crippen LogP contribution in [0.4, 0.5) is 0 Å². The van der Waals surface area contributed by atoms with E-state index in [9.17, 15) is 5.11 Å². The molecule has 0 unspecified atom stereocenters. The molecule has 0 spiro atoms. The number of benzene rings is 4. The molecule has 0 fully saturated rings. The lowest BCUT2D eigenvalue weighted by atomic mass is 9.78. The van der Waals surface area contributed by atoms with Gasteiger partial charge in [-0.25, -0.2) is 0 Å². The topological polar surface area (TPSA) is 38.7 Å². The Morgan fingerprint density at radius 3 is 1.89 bits per heavy atom. The van der Waals surface area contributed by atoms with Gasteiger partial charge in [0, 0.05) is 16.5 Å². The summed E-state index contributed by atoms with van der Waals surface area (Å²) in [4.78, 5) is 0. The van der Waals surface area contributed by atoms with Gasteiger partial charge in [-0.2, -0.15) is 0 Å². The summed E-state index contributed by atoms with van der Waals surface area (Å²) < 4.78 is 11.2. The molecule has 0 bridgehead atoms. The highest BCUT2D eigenvalue weighted by Crippen LogP contribution is 2.44. The molecule has 0 aliphatic carbocycles. The Hall–Kier alpha value is -3.30. The average Bonchev–Trinajstić information content (AvgIpc) is 2.78. The van der Waals surface area contributed by atoms with Crippen molar-refractivity contribution in [3.8, 4) is 11.5 Å². The smallest absolute Gasteiger partial charge is 0.144 e. The molecule has 140 valence electrons. The molecule has 0 aliphatic heterocycles. The number of methoxy groups -OCH3 is 2. The molecule has 1 N–H and O–H groups in total. The minimum Gasteiger partial charge on any atom is -0.496 e. The lowest BCUT2D eigenvalue weighted by molar-refractivity contribution is 0.123. The summed E-state index contributed by atoms with van der Waals surface area (Å²) in [6.07, 6.45) is 0.